The lowest BCUT2D eigenvalue weighted by atomic mass is 10.1. The smallest absolute Gasteiger partial charge is 0.212 e. The molecule has 0 unspecified atom stereocenters. The first-order chi connectivity index (χ1) is 9.99. The molecule has 0 aliphatic heterocycles. The van der Waals surface area contributed by atoms with E-state index in [1.54, 1.807) is 0 Å². The van der Waals surface area contributed by atoms with Crippen LogP contribution in [0.15, 0.2) is 59.1 Å². The van der Waals surface area contributed by atoms with E-state index in [4.69, 9.17) is 0 Å². The first-order valence-electron chi connectivity index (χ1n) is 6.81. The summed E-state index contributed by atoms with van der Waals surface area (Å²) in [7, 11) is -3.35. The first-order valence-corrected chi connectivity index (χ1v) is 9.25. The van der Waals surface area contributed by atoms with Crippen molar-refractivity contribution >= 4 is 26.0 Å². The lowest BCUT2D eigenvalue weighted by Gasteiger charge is -2.18. The third kappa shape index (κ3) is 3.54. The molecule has 0 amide bonds. The van der Waals surface area contributed by atoms with Gasteiger partial charge in [-0.1, -0.05) is 58.4 Å². The van der Waals surface area contributed by atoms with Crippen molar-refractivity contribution in [3.8, 4) is 0 Å². The lowest BCUT2D eigenvalue weighted by molar-refractivity contribution is 0.551. The fraction of sp³-hybridized carbons (Fsp3) is 0.250. The standard InChI is InChI=1S/C16H16BrNO2S/c17-15-8-6-14(7-9-15)16(10-11-16)18-21(19,20)12-13-4-2-1-3-5-13/h1-9,18H,10-12H2. The van der Waals surface area contributed by atoms with E-state index in [0.29, 0.717) is 0 Å². The Kier molecular flexibility index (Phi) is 3.90. The molecule has 0 atom stereocenters. The third-order valence-electron chi connectivity index (χ3n) is 3.70. The molecule has 3 rings (SSSR count). The summed E-state index contributed by atoms with van der Waals surface area (Å²) in [6.07, 6.45) is 1.70. The second kappa shape index (κ2) is 5.55. The number of nitrogens with one attached hydrogen (secondary N) is 1. The molecule has 110 valence electrons. The first kappa shape index (κ1) is 14.8. The number of rotatable bonds is 5. The number of benzene rings is 2. The summed E-state index contributed by atoms with van der Waals surface area (Å²) in [5.74, 6) is 0.0200. The van der Waals surface area contributed by atoms with E-state index in [1.807, 2.05) is 54.6 Å². The zero-order chi connectivity index (χ0) is 14.9. The fourth-order valence-corrected chi connectivity index (χ4v) is 4.36. The van der Waals surface area contributed by atoms with Crippen LogP contribution in [-0.2, 0) is 21.3 Å². The van der Waals surface area contributed by atoms with E-state index in [-0.39, 0.29) is 5.75 Å². The van der Waals surface area contributed by atoms with E-state index < -0.39 is 15.6 Å². The minimum atomic E-state index is -3.35. The minimum absolute atomic E-state index is 0.0200. The molecule has 0 heterocycles. The van der Waals surface area contributed by atoms with E-state index in [2.05, 4.69) is 20.7 Å². The van der Waals surface area contributed by atoms with Crippen molar-refractivity contribution in [1.82, 2.24) is 4.72 Å². The highest BCUT2D eigenvalue weighted by molar-refractivity contribution is 9.10. The molecule has 0 saturated heterocycles. The zero-order valence-electron chi connectivity index (χ0n) is 11.4. The monoisotopic (exact) mass is 365 g/mol. The zero-order valence-corrected chi connectivity index (χ0v) is 13.8. The number of hydrogen-bond donors (Lipinski definition) is 1. The Labute approximate surface area is 133 Å². The summed E-state index contributed by atoms with van der Waals surface area (Å²) in [6.45, 7) is 0. The molecular formula is C16H16BrNO2S. The molecule has 21 heavy (non-hydrogen) atoms. The highest BCUT2D eigenvalue weighted by Gasteiger charge is 2.47. The highest BCUT2D eigenvalue weighted by atomic mass is 79.9. The summed E-state index contributed by atoms with van der Waals surface area (Å²) in [4.78, 5) is 0. The van der Waals surface area contributed by atoms with Crippen LogP contribution in [0, 0.1) is 0 Å². The van der Waals surface area contributed by atoms with Crippen molar-refractivity contribution in [3.63, 3.8) is 0 Å². The molecule has 2 aromatic carbocycles. The van der Waals surface area contributed by atoms with Crippen molar-refractivity contribution in [2.45, 2.75) is 24.1 Å². The normalized spacial score (nSPS) is 16.6. The van der Waals surface area contributed by atoms with Gasteiger partial charge in [-0.15, -0.1) is 0 Å². The molecule has 5 heteroatoms. The topological polar surface area (TPSA) is 46.2 Å². The Morgan fingerprint density at radius 3 is 2.19 bits per heavy atom. The molecule has 0 bridgehead atoms. The van der Waals surface area contributed by atoms with Crippen LogP contribution < -0.4 is 4.72 Å². The van der Waals surface area contributed by atoms with Gasteiger partial charge in [-0.05, 0) is 36.1 Å². The Morgan fingerprint density at radius 2 is 1.62 bits per heavy atom. The van der Waals surface area contributed by atoms with Crippen molar-refractivity contribution < 1.29 is 8.42 Å². The van der Waals surface area contributed by atoms with E-state index in [0.717, 1.165) is 28.4 Å². The Bertz CT molecular complexity index is 723. The van der Waals surface area contributed by atoms with E-state index in [9.17, 15) is 8.42 Å². The van der Waals surface area contributed by atoms with Crippen LogP contribution in [0.25, 0.3) is 0 Å². The number of hydrogen-bond acceptors (Lipinski definition) is 2. The van der Waals surface area contributed by atoms with Crippen LogP contribution in [0.5, 0.6) is 0 Å². The van der Waals surface area contributed by atoms with Crippen molar-refractivity contribution in [3.05, 3.63) is 70.2 Å². The Balaban J connectivity index is 1.77. The summed E-state index contributed by atoms with van der Waals surface area (Å²) in [5.41, 5.74) is 1.42. The molecule has 1 saturated carbocycles. The van der Waals surface area contributed by atoms with Gasteiger partial charge in [0, 0.05) is 4.47 Å². The van der Waals surface area contributed by atoms with Crippen LogP contribution >= 0.6 is 15.9 Å². The third-order valence-corrected chi connectivity index (χ3v) is 5.64. The van der Waals surface area contributed by atoms with Gasteiger partial charge in [0.2, 0.25) is 10.0 Å². The average molecular weight is 366 g/mol. The van der Waals surface area contributed by atoms with Gasteiger partial charge >= 0.3 is 0 Å². The summed E-state index contributed by atoms with van der Waals surface area (Å²) >= 11 is 3.40. The number of sulfonamides is 1. The number of halogens is 1. The second-order valence-corrected chi connectivity index (χ2v) is 8.07. The molecule has 2 aromatic rings. The second-order valence-electron chi connectivity index (χ2n) is 5.44. The van der Waals surface area contributed by atoms with Crippen LogP contribution in [0.2, 0.25) is 0 Å². The van der Waals surface area contributed by atoms with E-state index >= 15 is 0 Å². The van der Waals surface area contributed by atoms with Crippen LogP contribution in [0.4, 0.5) is 0 Å². The molecule has 0 spiro atoms. The largest absolute Gasteiger partial charge is 0.216 e. The predicted octanol–water partition coefficient (Wildman–Crippen LogP) is 3.56. The summed E-state index contributed by atoms with van der Waals surface area (Å²) in [6, 6.07) is 17.1. The van der Waals surface area contributed by atoms with Crippen molar-refractivity contribution in [2.24, 2.45) is 0 Å². The van der Waals surface area contributed by atoms with Crippen LogP contribution in [-0.4, -0.2) is 8.42 Å². The molecule has 1 aliphatic rings. The summed E-state index contributed by atoms with van der Waals surface area (Å²) < 4.78 is 28.6. The average Bonchev–Trinajstić information content (AvgIpc) is 3.20. The van der Waals surface area contributed by atoms with E-state index in [1.165, 1.54) is 0 Å². The SMILES string of the molecule is O=S(=O)(Cc1ccccc1)NC1(c2ccc(Br)cc2)CC1. The Hall–Kier alpha value is -1.17. The van der Waals surface area contributed by atoms with Gasteiger partial charge in [0.15, 0.2) is 0 Å². The van der Waals surface area contributed by atoms with Crippen molar-refractivity contribution in [2.75, 3.05) is 0 Å². The van der Waals surface area contributed by atoms with Gasteiger partial charge in [-0.2, -0.15) is 0 Å². The van der Waals surface area contributed by atoms with Crippen LogP contribution in [0.3, 0.4) is 0 Å². The maximum absolute atomic E-state index is 12.4. The maximum atomic E-state index is 12.4. The fourth-order valence-electron chi connectivity index (χ4n) is 2.47. The van der Waals surface area contributed by atoms with Gasteiger partial charge in [0.05, 0.1) is 11.3 Å². The molecule has 1 N–H and O–H groups in total. The molecule has 1 fully saturated rings. The van der Waals surface area contributed by atoms with Gasteiger partial charge in [0.25, 0.3) is 0 Å². The molecule has 0 aromatic heterocycles. The Morgan fingerprint density at radius 1 is 1.00 bits per heavy atom. The lowest BCUT2D eigenvalue weighted by Crippen LogP contribution is -2.35. The molecular weight excluding hydrogens is 350 g/mol. The molecule has 1 aliphatic carbocycles. The summed E-state index contributed by atoms with van der Waals surface area (Å²) in [5, 5.41) is 0. The maximum Gasteiger partial charge on any atom is 0.216 e. The minimum Gasteiger partial charge on any atom is -0.212 e. The predicted molar refractivity (Wildman–Crippen MR) is 87.3 cm³/mol. The van der Waals surface area contributed by atoms with Gasteiger partial charge in [0.1, 0.15) is 0 Å². The van der Waals surface area contributed by atoms with Crippen molar-refractivity contribution in [1.29, 1.82) is 0 Å². The van der Waals surface area contributed by atoms with Gasteiger partial charge in [-0.3, -0.25) is 0 Å². The van der Waals surface area contributed by atoms with Gasteiger partial charge < -0.3 is 0 Å². The quantitative estimate of drug-likeness (QED) is 0.880. The van der Waals surface area contributed by atoms with Crippen LogP contribution in [0.1, 0.15) is 24.0 Å². The molecule has 3 nitrogen and oxygen atoms in total. The highest BCUT2D eigenvalue weighted by Crippen LogP contribution is 2.46. The van der Waals surface area contributed by atoms with Gasteiger partial charge in [-0.25, -0.2) is 13.1 Å². The molecule has 0 radical (unpaired) electrons.